The second-order valence-electron chi connectivity index (χ2n) is 14.7. The third-order valence-electron chi connectivity index (χ3n) is 10.9. The van der Waals surface area contributed by atoms with Crippen LogP contribution in [0.15, 0.2) is 163 Å². The zero-order valence-electron chi connectivity index (χ0n) is 35.7. The Kier molecular flexibility index (Phi) is 13.9. The lowest BCUT2D eigenvalue weighted by molar-refractivity contribution is 0.359. The zero-order chi connectivity index (χ0) is 41.1. The molecule has 3 aliphatic rings. The highest BCUT2D eigenvalue weighted by Gasteiger charge is 2.41. The summed E-state index contributed by atoms with van der Waals surface area (Å²) < 4.78 is 13.4. The van der Waals surface area contributed by atoms with Crippen LogP contribution in [0.1, 0.15) is 96.0 Å². The predicted molar refractivity (Wildman–Crippen MR) is 249 cm³/mol. The highest BCUT2D eigenvalue weighted by Crippen LogP contribution is 2.59. The van der Waals surface area contributed by atoms with Crippen LogP contribution in [-0.4, -0.2) is 0 Å². The van der Waals surface area contributed by atoms with Gasteiger partial charge in [0.15, 0.2) is 23.0 Å². The van der Waals surface area contributed by atoms with Crippen LogP contribution < -0.4 is 14.8 Å². The molecule has 6 aromatic rings. The fraction of sp³-hybridized carbons (Fsp3) is 0.236. The molecule has 0 radical (unpaired) electrons. The molecule has 0 saturated heterocycles. The molecule has 6 aromatic carbocycles. The van der Waals surface area contributed by atoms with Crippen molar-refractivity contribution in [2.24, 2.45) is 0 Å². The topological polar surface area (TPSA) is 30.5 Å². The van der Waals surface area contributed by atoms with Gasteiger partial charge in [-0.05, 0) is 101 Å². The summed E-state index contributed by atoms with van der Waals surface area (Å²) in [5.41, 5.74) is 12.2. The molecule has 296 valence electrons. The minimum atomic E-state index is -0.0490. The van der Waals surface area contributed by atoms with Gasteiger partial charge in [0.1, 0.15) is 0 Å². The minimum Gasteiger partial charge on any atom is -0.449 e. The second-order valence-corrected chi connectivity index (χ2v) is 14.7. The van der Waals surface area contributed by atoms with Crippen LogP contribution in [0.2, 0.25) is 0 Å². The molecule has 1 N–H and O–H groups in total. The van der Waals surface area contributed by atoms with E-state index in [0.717, 1.165) is 59.1 Å². The predicted octanol–water partition coefficient (Wildman–Crippen LogP) is 15.8. The Bertz CT molecular complexity index is 2440. The first-order chi connectivity index (χ1) is 28.4. The molecule has 0 bridgehead atoms. The highest BCUT2D eigenvalue weighted by molar-refractivity contribution is 5.89. The molecule has 1 heterocycles. The molecule has 0 spiro atoms. The van der Waals surface area contributed by atoms with Gasteiger partial charge in [0.05, 0.1) is 0 Å². The molecule has 1 aliphatic heterocycles. The Morgan fingerprint density at radius 1 is 0.672 bits per heavy atom. The molecule has 0 aromatic heterocycles. The molecule has 9 rings (SSSR count). The average molecular weight is 766 g/mol. The molecule has 3 heteroatoms. The molecule has 0 amide bonds. The van der Waals surface area contributed by atoms with Crippen LogP contribution in [-0.2, 0) is 18.4 Å². The molecule has 0 atom stereocenters. The van der Waals surface area contributed by atoms with E-state index in [1.165, 1.54) is 49.7 Å². The van der Waals surface area contributed by atoms with Gasteiger partial charge in [-0.1, -0.05) is 181 Å². The van der Waals surface area contributed by atoms with Gasteiger partial charge in [0.25, 0.3) is 0 Å². The number of benzene rings is 6. The molecule has 3 nitrogen and oxygen atoms in total. The van der Waals surface area contributed by atoms with Gasteiger partial charge in [-0.3, -0.25) is 0 Å². The van der Waals surface area contributed by atoms with E-state index in [1.807, 2.05) is 59.8 Å². The van der Waals surface area contributed by atoms with Crippen molar-refractivity contribution in [3.63, 3.8) is 0 Å². The Morgan fingerprint density at radius 2 is 1.36 bits per heavy atom. The maximum Gasteiger partial charge on any atom is 0.177 e. The summed E-state index contributed by atoms with van der Waals surface area (Å²) >= 11 is 0. The molecular formula is C55H59NO2. The average Bonchev–Trinajstić information content (AvgIpc) is 3.53. The Morgan fingerprint density at radius 3 is 2.10 bits per heavy atom. The van der Waals surface area contributed by atoms with Crippen LogP contribution in [0.3, 0.4) is 0 Å². The van der Waals surface area contributed by atoms with Crippen LogP contribution >= 0.6 is 0 Å². The van der Waals surface area contributed by atoms with Gasteiger partial charge in [0, 0.05) is 28.8 Å². The van der Waals surface area contributed by atoms with E-state index < -0.39 is 0 Å². The van der Waals surface area contributed by atoms with Crippen LogP contribution in [0, 0.1) is 0 Å². The van der Waals surface area contributed by atoms with E-state index in [4.69, 9.17) is 9.47 Å². The second kappa shape index (κ2) is 19.4. The molecule has 58 heavy (non-hydrogen) atoms. The third-order valence-corrected chi connectivity index (χ3v) is 10.9. The van der Waals surface area contributed by atoms with Gasteiger partial charge in [-0.15, -0.1) is 0 Å². The Labute approximate surface area is 347 Å². The molecular weight excluding hydrogens is 707 g/mol. The van der Waals surface area contributed by atoms with E-state index in [2.05, 4.69) is 159 Å². The summed E-state index contributed by atoms with van der Waals surface area (Å²) in [6.45, 7) is 17.3. The van der Waals surface area contributed by atoms with Gasteiger partial charge in [0.2, 0.25) is 0 Å². The van der Waals surface area contributed by atoms with Crippen molar-refractivity contribution in [1.82, 2.24) is 5.32 Å². The SMILES string of the molecule is C/C=C\C.CC.CC.CC1(C)C2=C(CCC=C2)c2c1ccc1c2Oc2cccc(-c3ccc(CN/C(=C\Cc4ccccc4)c4ccc5ccccc5c4)cc3)c2O1. The maximum absolute atomic E-state index is 6.74. The van der Waals surface area contributed by atoms with Crippen molar-refractivity contribution in [3.8, 4) is 34.1 Å². The monoisotopic (exact) mass is 765 g/mol. The quantitative estimate of drug-likeness (QED) is 0.164. The normalized spacial score (nSPS) is 14.2. The van der Waals surface area contributed by atoms with E-state index in [9.17, 15) is 0 Å². The lowest BCUT2D eigenvalue weighted by Crippen LogP contribution is -2.16. The fourth-order valence-corrected chi connectivity index (χ4v) is 7.85. The number of hydrogen-bond acceptors (Lipinski definition) is 3. The number of fused-ring (bicyclic) bond motifs is 6. The summed E-state index contributed by atoms with van der Waals surface area (Å²) in [7, 11) is 0. The fourth-order valence-electron chi connectivity index (χ4n) is 7.85. The number of rotatable bonds is 7. The van der Waals surface area contributed by atoms with Gasteiger partial charge in [-0.2, -0.15) is 0 Å². The van der Waals surface area contributed by atoms with E-state index in [0.29, 0.717) is 6.54 Å². The third kappa shape index (κ3) is 8.75. The summed E-state index contributed by atoms with van der Waals surface area (Å²) in [6.07, 6.45) is 13.9. The number of hydrogen-bond donors (Lipinski definition) is 1. The summed E-state index contributed by atoms with van der Waals surface area (Å²) in [6, 6.07) is 45.1. The Hall–Kier alpha value is -6.06. The van der Waals surface area contributed by atoms with Crippen molar-refractivity contribution in [3.05, 3.63) is 191 Å². The lowest BCUT2D eigenvalue weighted by atomic mass is 9.80. The molecule has 2 aliphatic carbocycles. The first kappa shape index (κ1) is 41.6. The van der Waals surface area contributed by atoms with Crippen molar-refractivity contribution < 1.29 is 9.47 Å². The largest absolute Gasteiger partial charge is 0.449 e. The van der Waals surface area contributed by atoms with Crippen molar-refractivity contribution in [2.45, 2.75) is 86.6 Å². The molecule has 0 fully saturated rings. The smallest absolute Gasteiger partial charge is 0.177 e. The lowest BCUT2D eigenvalue weighted by Gasteiger charge is -2.27. The number of ether oxygens (including phenoxy) is 2. The first-order valence-electron chi connectivity index (χ1n) is 21.1. The summed E-state index contributed by atoms with van der Waals surface area (Å²) in [4.78, 5) is 0. The van der Waals surface area contributed by atoms with E-state index in [-0.39, 0.29) is 5.41 Å². The van der Waals surface area contributed by atoms with Crippen molar-refractivity contribution in [1.29, 1.82) is 0 Å². The van der Waals surface area contributed by atoms with Crippen LogP contribution in [0.25, 0.3) is 33.2 Å². The highest BCUT2D eigenvalue weighted by atomic mass is 16.6. The van der Waals surface area contributed by atoms with E-state index >= 15 is 0 Å². The van der Waals surface area contributed by atoms with Crippen molar-refractivity contribution in [2.75, 3.05) is 0 Å². The van der Waals surface area contributed by atoms with Gasteiger partial charge < -0.3 is 14.8 Å². The molecule has 0 unspecified atom stereocenters. The minimum absolute atomic E-state index is 0.0490. The maximum atomic E-state index is 6.74. The van der Waals surface area contributed by atoms with E-state index in [1.54, 1.807) is 0 Å². The van der Waals surface area contributed by atoms with Gasteiger partial charge >= 0.3 is 0 Å². The standard InChI is InChI=1S/C47H39NO2.C4H8.2C2H6/c1-47(2)39-17-9-8-15-38(39)44-40(47)26-28-43-46(44)50-42-18-10-16-37(45(42)49-43)34-22-19-32(20-23-34)30-48-41(27-21-31-11-4-3-5-12-31)36-25-24-33-13-6-7-14-35(33)29-36;1-3-4-2;2*1-2/h3-7,9-14,16-20,22-29,48H,8,15,21,30H2,1-2H3;3-4H,1-2H3;2*1-2H3/b41-27-;4-3-;;. The number of allylic oxidation sites excluding steroid dienone is 7. The summed E-state index contributed by atoms with van der Waals surface area (Å²) in [5.74, 6) is 3.16. The number of para-hydroxylation sites is 1. The van der Waals surface area contributed by atoms with Crippen LogP contribution in [0.4, 0.5) is 0 Å². The Balaban J connectivity index is 0.000000661. The van der Waals surface area contributed by atoms with Crippen molar-refractivity contribution >= 4 is 22.0 Å². The number of nitrogens with one attached hydrogen (secondary N) is 1. The van der Waals surface area contributed by atoms with Gasteiger partial charge in [-0.25, -0.2) is 0 Å². The first-order valence-corrected chi connectivity index (χ1v) is 21.1. The zero-order valence-corrected chi connectivity index (χ0v) is 35.7. The molecule has 0 saturated carbocycles. The summed E-state index contributed by atoms with van der Waals surface area (Å²) in [5, 5.41) is 6.25. The van der Waals surface area contributed by atoms with Crippen LogP contribution in [0.5, 0.6) is 23.0 Å².